The third kappa shape index (κ3) is 7.23. The number of hydrogen-bond donors (Lipinski definition) is 2. The molecule has 0 atom stereocenters. The molecular formula is C27H30N4O3S. The minimum atomic E-state index is -0.373. The van der Waals surface area contributed by atoms with Crippen molar-refractivity contribution in [2.24, 2.45) is 0 Å². The fourth-order valence-electron chi connectivity index (χ4n) is 4.06. The Hall–Kier alpha value is -3.52. The van der Waals surface area contributed by atoms with E-state index < -0.39 is 0 Å². The minimum absolute atomic E-state index is 0.153. The molecule has 2 amide bonds. The molecule has 1 aliphatic carbocycles. The van der Waals surface area contributed by atoms with Crippen molar-refractivity contribution in [2.45, 2.75) is 52.6 Å². The van der Waals surface area contributed by atoms with Crippen LogP contribution in [0, 0.1) is 13.8 Å². The van der Waals surface area contributed by atoms with Crippen LogP contribution in [0.4, 0.5) is 5.69 Å². The molecular weight excluding hydrogens is 460 g/mol. The number of aryl methyl sites for hydroxylation is 2. The van der Waals surface area contributed by atoms with Gasteiger partial charge in [0.1, 0.15) is 12.4 Å². The van der Waals surface area contributed by atoms with Crippen LogP contribution in [0.25, 0.3) is 0 Å². The van der Waals surface area contributed by atoms with Gasteiger partial charge in [0.25, 0.3) is 11.8 Å². The monoisotopic (exact) mass is 490 g/mol. The van der Waals surface area contributed by atoms with E-state index in [4.69, 9.17) is 4.74 Å². The summed E-state index contributed by atoms with van der Waals surface area (Å²) in [6.07, 6.45) is 7.93. The number of nitrogens with zero attached hydrogens (tertiary/aromatic N) is 2. The molecule has 7 nitrogen and oxygen atoms in total. The van der Waals surface area contributed by atoms with Gasteiger partial charge in [0.15, 0.2) is 5.01 Å². The van der Waals surface area contributed by atoms with Crippen LogP contribution in [0.5, 0.6) is 5.75 Å². The average molecular weight is 491 g/mol. The van der Waals surface area contributed by atoms with Gasteiger partial charge in [-0.2, -0.15) is 0 Å². The Balaban J connectivity index is 1.29. The van der Waals surface area contributed by atoms with Crippen molar-refractivity contribution in [2.75, 3.05) is 11.9 Å². The minimum Gasteiger partial charge on any atom is -0.486 e. The highest BCUT2D eigenvalue weighted by Crippen LogP contribution is 2.21. The molecule has 2 aromatic carbocycles. The van der Waals surface area contributed by atoms with Crippen LogP contribution in [0.2, 0.25) is 0 Å². The molecule has 4 rings (SSSR count). The lowest BCUT2D eigenvalue weighted by atomic mass is 9.97. The highest BCUT2D eigenvalue weighted by Gasteiger charge is 2.15. The number of anilines is 1. The van der Waals surface area contributed by atoms with Crippen molar-refractivity contribution >= 4 is 28.8 Å². The van der Waals surface area contributed by atoms with Gasteiger partial charge >= 0.3 is 0 Å². The van der Waals surface area contributed by atoms with Crippen molar-refractivity contribution < 1.29 is 14.3 Å². The third-order valence-electron chi connectivity index (χ3n) is 5.72. The molecule has 0 saturated heterocycles. The number of carbonyl (C=O) groups excluding carboxylic acids is 2. The van der Waals surface area contributed by atoms with Gasteiger partial charge in [0, 0.05) is 17.8 Å². The topological polar surface area (TPSA) is 93.2 Å². The standard InChI is InChI=1S/C27H30N4O3S/c1-18-13-19(2)15-23(14-18)34-17-24-30-31-27(35-24)26(33)29-22-10-6-9-21(16-22)25(32)28-12-11-20-7-4-3-5-8-20/h6-7,9-10,13-16H,3-5,8,11-12,17H2,1-2H3,(H,28,32)(H,29,33). The second kappa shape index (κ2) is 11.8. The Kier molecular flexibility index (Phi) is 8.26. The molecule has 0 aliphatic heterocycles. The quantitative estimate of drug-likeness (QED) is 0.381. The molecule has 2 N–H and O–H groups in total. The first-order chi connectivity index (χ1) is 17.0. The summed E-state index contributed by atoms with van der Waals surface area (Å²) in [5.74, 6) is 0.232. The predicted molar refractivity (Wildman–Crippen MR) is 138 cm³/mol. The first-order valence-electron chi connectivity index (χ1n) is 11.9. The lowest BCUT2D eigenvalue weighted by Crippen LogP contribution is -2.25. The molecule has 182 valence electrons. The number of amides is 2. The summed E-state index contributed by atoms with van der Waals surface area (Å²) in [5, 5.41) is 14.7. The number of allylic oxidation sites excluding steroid dienone is 1. The largest absolute Gasteiger partial charge is 0.486 e. The van der Waals surface area contributed by atoms with E-state index in [0.717, 1.165) is 36.1 Å². The van der Waals surface area contributed by atoms with Crippen LogP contribution < -0.4 is 15.4 Å². The number of aromatic nitrogens is 2. The smallest absolute Gasteiger partial charge is 0.286 e. The molecule has 0 bridgehead atoms. The van der Waals surface area contributed by atoms with E-state index in [1.54, 1.807) is 24.3 Å². The predicted octanol–water partition coefficient (Wildman–Crippen LogP) is 5.61. The third-order valence-corrected chi connectivity index (χ3v) is 6.61. The van der Waals surface area contributed by atoms with E-state index >= 15 is 0 Å². The summed E-state index contributed by atoms with van der Waals surface area (Å²) in [7, 11) is 0. The van der Waals surface area contributed by atoms with Gasteiger partial charge in [-0.1, -0.05) is 35.1 Å². The van der Waals surface area contributed by atoms with Crippen molar-refractivity contribution in [3.8, 4) is 5.75 Å². The fourth-order valence-corrected chi connectivity index (χ4v) is 4.71. The Morgan fingerprint density at radius 2 is 1.86 bits per heavy atom. The molecule has 0 unspecified atom stereocenters. The maximum absolute atomic E-state index is 12.7. The Labute approximate surface area is 209 Å². The normalized spacial score (nSPS) is 13.1. The Morgan fingerprint density at radius 1 is 1.03 bits per heavy atom. The molecule has 1 heterocycles. The number of ether oxygens (including phenoxy) is 1. The summed E-state index contributed by atoms with van der Waals surface area (Å²) < 4.78 is 5.81. The average Bonchev–Trinajstić information content (AvgIpc) is 3.32. The second-order valence-corrected chi connectivity index (χ2v) is 9.82. The van der Waals surface area contributed by atoms with Crippen LogP contribution in [0.3, 0.4) is 0 Å². The first kappa shape index (κ1) is 24.6. The zero-order valence-corrected chi connectivity index (χ0v) is 20.9. The Morgan fingerprint density at radius 3 is 2.63 bits per heavy atom. The maximum atomic E-state index is 12.7. The second-order valence-electron chi connectivity index (χ2n) is 8.76. The van der Waals surface area contributed by atoms with Crippen molar-refractivity contribution in [3.05, 3.63) is 80.8 Å². The van der Waals surface area contributed by atoms with Gasteiger partial charge < -0.3 is 15.4 Å². The van der Waals surface area contributed by atoms with E-state index in [9.17, 15) is 9.59 Å². The molecule has 35 heavy (non-hydrogen) atoms. The van der Waals surface area contributed by atoms with Crippen LogP contribution in [-0.4, -0.2) is 28.6 Å². The summed E-state index contributed by atoms with van der Waals surface area (Å²) >= 11 is 1.18. The molecule has 1 aromatic heterocycles. The van der Waals surface area contributed by atoms with E-state index in [0.29, 0.717) is 22.8 Å². The number of benzene rings is 2. The maximum Gasteiger partial charge on any atom is 0.286 e. The summed E-state index contributed by atoms with van der Waals surface area (Å²) in [6, 6.07) is 12.9. The van der Waals surface area contributed by atoms with Crippen LogP contribution in [-0.2, 0) is 6.61 Å². The highest BCUT2D eigenvalue weighted by molar-refractivity contribution is 7.13. The van der Waals surface area contributed by atoms with Gasteiger partial charge in [0.05, 0.1) is 0 Å². The summed E-state index contributed by atoms with van der Waals surface area (Å²) in [5.41, 5.74) is 4.69. The molecule has 0 spiro atoms. The van der Waals surface area contributed by atoms with Crippen molar-refractivity contribution in [1.29, 1.82) is 0 Å². The van der Waals surface area contributed by atoms with Crippen LogP contribution >= 0.6 is 11.3 Å². The Bertz CT molecular complexity index is 1210. The number of carbonyl (C=O) groups is 2. The van der Waals surface area contributed by atoms with E-state index in [2.05, 4.69) is 33.0 Å². The SMILES string of the molecule is Cc1cc(C)cc(OCc2nnc(C(=O)Nc3cccc(C(=O)NCCC4=CCCCC4)c3)s2)c1. The molecule has 0 saturated carbocycles. The van der Waals surface area contributed by atoms with Crippen molar-refractivity contribution in [1.82, 2.24) is 15.5 Å². The lowest BCUT2D eigenvalue weighted by Gasteiger charge is -2.13. The van der Waals surface area contributed by atoms with E-state index in [1.807, 2.05) is 26.0 Å². The van der Waals surface area contributed by atoms with E-state index in [1.165, 1.54) is 29.8 Å². The van der Waals surface area contributed by atoms with Crippen molar-refractivity contribution in [3.63, 3.8) is 0 Å². The first-order valence-corrected chi connectivity index (χ1v) is 12.7. The molecule has 1 aliphatic rings. The number of nitrogens with one attached hydrogen (secondary N) is 2. The van der Waals surface area contributed by atoms with Gasteiger partial charge in [0.2, 0.25) is 5.01 Å². The highest BCUT2D eigenvalue weighted by atomic mass is 32.1. The fraction of sp³-hybridized carbons (Fsp3) is 0.333. The van der Waals surface area contributed by atoms with E-state index in [-0.39, 0.29) is 23.4 Å². The van der Waals surface area contributed by atoms with Gasteiger partial charge in [-0.3, -0.25) is 9.59 Å². The lowest BCUT2D eigenvalue weighted by molar-refractivity contribution is 0.0952. The molecule has 3 aromatic rings. The number of hydrogen-bond acceptors (Lipinski definition) is 6. The summed E-state index contributed by atoms with van der Waals surface area (Å²) in [6.45, 7) is 4.88. The van der Waals surface area contributed by atoms with Gasteiger partial charge in [-0.05, 0) is 87.4 Å². The molecule has 8 heteroatoms. The molecule has 0 radical (unpaired) electrons. The van der Waals surface area contributed by atoms with Gasteiger partial charge in [-0.15, -0.1) is 10.2 Å². The van der Waals surface area contributed by atoms with Crippen LogP contribution in [0.1, 0.15) is 68.4 Å². The zero-order valence-electron chi connectivity index (χ0n) is 20.1. The number of rotatable bonds is 9. The zero-order chi connectivity index (χ0) is 24.6. The van der Waals surface area contributed by atoms with Gasteiger partial charge in [-0.25, -0.2) is 0 Å². The summed E-state index contributed by atoms with van der Waals surface area (Å²) in [4.78, 5) is 25.2. The van der Waals surface area contributed by atoms with Crippen LogP contribution in [0.15, 0.2) is 54.1 Å². The molecule has 0 fully saturated rings.